The third-order valence-electron chi connectivity index (χ3n) is 7.02. The van der Waals surface area contributed by atoms with Crippen molar-refractivity contribution in [3.63, 3.8) is 0 Å². The number of aromatic nitrogens is 5. The quantitative estimate of drug-likeness (QED) is 0.612. The minimum Gasteiger partial charge on any atom is -0.379 e. The number of hydrogen-bond donors (Lipinski definition) is 1. The van der Waals surface area contributed by atoms with Gasteiger partial charge in [0.05, 0.1) is 35.3 Å². The number of anilines is 1. The monoisotopic (exact) mass is 475 g/mol. The standard InChI is InChI=1S/C22H24F3N7O2/c1-12-4-14-7-21(6-12,13(2)34-3)32(14)20(33)30-18-5-15(16(8-27-18)22(23,24)25)17-10-31-19(9-26-17)28-11-29-31/h5,8-14H,4,6-7H2,1-3H3,(H,27,30,33)/t12-,13-,14?,21?/m1/s1. The van der Waals surface area contributed by atoms with Crippen molar-refractivity contribution >= 4 is 17.5 Å². The lowest BCUT2D eigenvalue weighted by atomic mass is 9.62. The summed E-state index contributed by atoms with van der Waals surface area (Å²) in [6.45, 7) is 4.09. The van der Waals surface area contributed by atoms with Crippen molar-refractivity contribution in [2.75, 3.05) is 12.4 Å². The van der Waals surface area contributed by atoms with E-state index < -0.39 is 23.3 Å². The second kappa shape index (κ2) is 7.90. The number of ether oxygens (including phenoxy) is 1. The number of piperidine rings is 1. The lowest BCUT2D eigenvalue weighted by Gasteiger charge is -2.65. The third-order valence-corrected chi connectivity index (χ3v) is 7.02. The maximum atomic E-state index is 13.7. The zero-order valence-electron chi connectivity index (χ0n) is 18.9. The van der Waals surface area contributed by atoms with E-state index in [1.807, 2.05) is 6.92 Å². The highest BCUT2D eigenvalue weighted by atomic mass is 19.4. The Kier molecular flexibility index (Phi) is 5.23. The van der Waals surface area contributed by atoms with Crippen molar-refractivity contribution in [1.29, 1.82) is 0 Å². The van der Waals surface area contributed by atoms with E-state index in [9.17, 15) is 18.0 Å². The van der Waals surface area contributed by atoms with E-state index in [2.05, 4.69) is 32.3 Å². The van der Waals surface area contributed by atoms with Crippen molar-refractivity contribution in [3.8, 4) is 11.3 Å². The van der Waals surface area contributed by atoms with Crippen LogP contribution in [0.5, 0.6) is 0 Å². The highest BCUT2D eigenvalue weighted by molar-refractivity contribution is 5.91. The Hall–Kier alpha value is -3.28. The van der Waals surface area contributed by atoms with Gasteiger partial charge in [-0.1, -0.05) is 6.92 Å². The molecule has 2 aliphatic rings. The molecule has 2 fully saturated rings. The Morgan fingerprint density at radius 2 is 2.06 bits per heavy atom. The molecule has 4 heterocycles. The van der Waals surface area contributed by atoms with Crippen molar-refractivity contribution in [2.45, 2.75) is 57.0 Å². The largest absolute Gasteiger partial charge is 0.418 e. The van der Waals surface area contributed by atoms with Crippen molar-refractivity contribution < 1.29 is 22.7 Å². The Labute approximate surface area is 193 Å². The van der Waals surface area contributed by atoms with Gasteiger partial charge in [-0.3, -0.25) is 10.3 Å². The fourth-order valence-electron chi connectivity index (χ4n) is 5.48. The molecule has 3 aromatic heterocycles. The van der Waals surface area contributed by atoms with Gasteiger partial charge in [0.2, 0.25) is 0 Å². The van der Waals surface area contributed by atoms with Crippen LogP contribution in [0.3, 0.4) is 0 Å². The number of nitrogens with zero attached hydrogens (tertiary/aromatic N) is 6. The SMILES string of the molecule is CO[C@H](C)C12CC(C[C@@H](C)C1)N2C(=O)Nc1cc(-c2cn3ncnc3cn2)c(C(F)(F)F)cn1. The summed E-state index contributed by atoms with van der Waals surface area (Å²) in [6.07, 6.45) is 2.37. The van der Waals surface area contributed by atoms with Gasteiger partial charge in [-0.25, -0.2) is 19.3 Å². The van der Waals surface area contributed by atoms with E-state index in [0.29, 0.717) is 17.8 Å². The molecule has 2 bridgehead atoms. The minimum atomic E-state index is -4.66. The van der Waals surface area contributed by atoms with Gasteiger partial charge in [0.1, 0.15) is 12.1 Å². The average Bonchev–Trinajstić information content (AvgIpc) is 3.25. The predicted octanol–water partition coefficient (Wildman–Crippen LogP) is 4.01. The molecule has 2 amide bonds. The second-order valence-electron chi connectivity index (χ2n) is 9.13. The number of methoxy groups -OCH3 is 1. The number of rotatable bonds is 4. The molecule has 1 aliphatic carbocycles. The number of pyridine rings is 1. The van der Waals surface area contributed by atoms with Gasteiger partial charge in [-0.15, -0.1) is 0 Å². The summed E-state index contributed by atoms with van der Waals surface area (Å²) in [7, 11) is 1.62. The molecule has 2 unspecified atom stereocenters. The first kappa shape index (κ1) is 22.5. The molecule has 5 rings (SSSR count). The first-order valence-corrected chi connectivity index (χ1v) is 11.0. The number of urea groups is 1. The molecule has 1 aliphatic heterocycles. The normalized spacial score (nSPS) is 25.2. The number of hydrogen-bond acceptors (Lipinski definition) is 6. The van der Waals surface area contributed by atoms with Crippen LogP contribution in [-0.4, -0.2) is 60.3 Å². The van der Waals surface area contributed by atoms with Gasteiger partial charge in [0.15, 0.2) is 5.65 Å². The van der Waals surface area contributed by atoms with Crippen LogP contribution in [0.2, 0.25) is 0 Å². The molecular weight excluding hydrogens is 451 g/mol. The number of carbonyl (C=O) groups excluding carboxylic acids is 1. The molecule has 12 heteroatoms. The van der Waals surface area contributed by atoms with Crippen LogP contribution in [-0.2, 0) is 10.9 Å². The maximum Gasteiger partial charge on any atom is 0.418 e. The smallest absolute Gasteiger partial charge is 0.379 e. The molecule has 4 atom stereocenters. The van der Waals surface area contributed by atoms with E-state index in [1.54, 1.807) is 12.0 Å². The summed E-state index contributed by atoms with van der Waals surface area (Å²) in [5.74, 6) is 0.459. The van der Waals surface area contributed by atoms with Crippen LogP contribution in [0.15, 0.2) is 31.0 Å². The van der Waals surface area contributed by atoms with Gasteiger partial charge >= 0.3 is 12.2 Å². The lowest BCUT2D eigenvalue weighted by Crippen LogP contribution is -2.76. The number of nitrogens with one attached hydrogen (secondary N) is 1. The molecule has 3 aromatic rings. The zero-order valence-corrected chi connectivity index (χ0v) is 18.9. The number of amides is 2. The van der Waals surface area contributed by atoms with Gasteiger partial charge in [-0.05, 0) is 38.2 Å². The molecule has 1 N–H and O–H groups in total. The van der Waals surface area contributed by atoms with Gasteiger partial charge < -0.3 is 9.64 Å². The molecule has 0 aromatic carbocycles. The third kappa shape index (κ3) is 3.56. The molecule has 1 saturated carbocycles. The molecule has 34 heavy (non-hydrogen) atoms. The number of carbonyl (C=O) groups is 1. The number of alkyl halides is 3. The predicted molar refractivity (Wildman–Crippen MR) is 116 cm³/mol. The first-order valence-electron chi connectivity index (χ1n) is 11.0. The minimum absolute atomic E-state index is 0.00623. The van der Waals surface area contributed by atoms with Crippen LogP contribution in [0.25, 0.3) is 16.9 Å². The van der Waals surface area contributed by atoms with E-state index in [1.165, 1.54) is 29.3 Å². The molecule has 1 saturated heterocycles. The highest BCUT2D eigenvalue weighted by Crippen LogP contribution is 2.52. The van der Waals surface area contributed by atoms with Crippen molar-refractivity contribution in [1.82, 2.24) is 29.5 Å². The van der Waals surface area contributed by atoms with E-state index >= 15 is 0 Å². The van der Waals surface area contributed by atoms with E-state index in [4.69, 9.17) is 4.74 Å². The van der Waals surface area contributed by atoms with Crippen LogP contribution >= 0.6 is 0 Å². The molecule has 0 spiro atoms. The van der Waals surface area contributed by atoms with Gasteiger partial charge in [0, 0.05) is 24.9 Å². The zero-order chi connectivity index (χ0) is 24.3. The van der Waals surface area contributed by atoms with Gasteiger partial charge in [-0.2, -0.15) is 18.3 Å². The Morgan fingerprint density at radius 3 is 2.79 bits per heavy atom. The fourth-order valence-corrected chi connectivity index (χ4v) is 5.48. The Bertz CT molecular complexity index is 1250. The van der Waals surface area contributed by atoms with Crippen LogP contribution < -0.4 is 5.32 Å². The second-order valence-corrected chi connectivity index (χ2v) is 9.13. The summed E-state index contributed by atoms with van der Waals surface area (Å²) >= 11 is 0. The highest BCUT2D eigenvalue weighted by Gasteiger charge is 2.61. The fraction of sp³-hybridized carbons (Fsp3) is 0.500. The number of halogens is 3. The maximum absolute atomic E-state index is 13.7. The molecule has 9 nitrogen and oxygen atoms in total. The van der Waals surface area contributed by atoms with Crippen molar-refractivity contribution in [3.05, 3.63) is 36.5 Å². The van der Waals surface area contributed by atoms with Crippen LogP contribution in [0.4, 0.5) is 23.8 Å². The molecule has 180 valence electrons. The molecule has 0 radical (unpaired) electrons. The summed E-state index contributed by atoms with van der Waals surface area (Å²) < 4.78 is 48.1. The Balaban J connectivity index is 1.48. The summed E-state index contributed by atoms with van der Waals surface area (Å²) in [6, 6.07) is 0.854. The van der Waals surface area contributed by atoms with Crippen LogP contribution in [0, 0.1) is 5.92 Å². The number of fused-ring (bicyclic) bond motifs is 3. The average molecular weight is 475 g/mol. The number of likely N-dealkylation sites (tertiary alicyclic amines) is 1. The topological polar surface area (TPSA) is 97.5 Å². The molecular formula is C22H24F3N7O2. The van der Waals surface area contributed by atoms with E-state index in [0.717, 1.165) is 19.3 Å². The summed E-state index contributed by atoms with van der Waals surface area (Å²) in [5, 5.41) is 6.66. The summed E-state index contributed by atoms with van der Waals surface area (Å²) in [4.78, 5) is 27.0. The Morgan fingerprint density at radius 1 is 1.26 bits per heavy atom. The van der Waals surface area contributed by atoms with Crippen LogP contribution in [0.1, 0.15) is 38.7 Å². The lowest BCUT2D eigenvalue weighted by molar-refractivity contribution is -0.155. The van der Waals surface area contributed by atoms with Gasteiger partial charge in [0.25, 0.3) is 0 Å². The van der Waals surface area contributed by atoms with Crippen molar-refractivity contribution in [2.24, 2.45) is 5.92 Å². The first-order chi connectivity index (χ1) is 16.1. The van der Waals surface area contributed by atoms with E-state index in [-0.39, 0.29) is 29.2 Å². The summed E-state index contributed by atoms with van der Waals surface area (Å²) in [5.41, 5.74) is -1.18.